The molecule has 1 aliphatic rings. The molecule has 0 saturated heterocycles. The van der Waals surface area contributed by atoms with Crippen LogP contribution in [-0.4, -0.2) is 26.4 Å². The summed E-state index contributed by atoms with van der Waals surface area (Å²) in [5.41, 5.74) is 0.474. The fraction of sp³-hybridized carbons (Fsp3) is 0.261. The van der Waals surface area contributed by atoms with Crippen molar-refractivity contribution in [3.05, 3.63) is 76.3 Å². The van der Waals surface area contributed by atoms with Crippen molar-refractivity contribution in [2.75, 3.05) is 0 Å². The number of amides is 1. The van der Waals surface area contributed by atoms with Gasteiger partial charge < -0.3 is 9.32 Å². The standard InChI is InChI=1S/C23H18F3N3O3/c24-23(25,26)15-7-5-14(6-8-15)11-29(16-9-10-16)19(30)12-28-13-27-20-17-3-1-2-4-18(17)32-21(20)22(28)31/h1-8,13,16H,9-12H2. The third-order valence-electron chi connectivity index (χ3n) is 5.60. The van der Waals surface area contributed by atoms with E-state index in [1.165, 1.54) is 23.0 Å². The Balaban J connectivity index is 1.39. The van der Waals surface area contributed by atoms with Gasteiger partial charge in [0.25, 0.3) is 5.56 Å². The van der Waals surface area contributed by atoms with Gasteiger partial charge in [-0.2, -0.15) is 13.2 Å². The average molecular weight is 441 g/mol. The van der Waals surface area contributed by atoms with Crippen LogP contribution in [0.5, 0.6) is 0 Å². The van der Waals surface area contributed by atoms with Crippen molar-refractivity contribution in [1.82, 2.24) is 14.5 Å². The van der Waals surface area contributed by atoms with Gasteiger partial charge in [0.05, 0.1) is 11.9 Å². The lowest BCUT2D eigenvalue weighted by molar-refractivity contribution is -0.137. The van der Waals surface area contributed by atoms with E-state index in [1.54, 1.807) is 17.0 Å². The number of nitrogens with zero attached hydrogens (tertiary/aromatic N) is 3. The van der Waals surface area contributed by atoms with E-state index in [2.05, 4.69) is 4.98 Å². The molecule has 0 bridgehead atoms. The molecule has 6 nitrogen and oxygen atoms in total. The highest BCUT2D eigenvalue weighted by Crippen LogP contribution is 2.31. The molecule has 0 aliphatic heterocycles. The molecule has 2 aromatic heterocycles. The van der Waals surface area contributed by atoms with Gasteiger partial charge in [-0.25, -0.2) is 4.98 Å². The summed E-state index contributed by atoms with van der Waals surface area (Å²) in [6.45, 7) is -0.0490. The second-order valence-corrected chi connectivity index (χ2v) is 7.90. The molecule has 0 radical (unpaired) electrons. The molecule has 2 aromatic carbocycles. The highest BCUT2D eigenvalue weighted by atomic mass is 19.4. The molecule has 1 amide bonds. The lowest BCUT2D eigenvalue weighted by Crippen LogP contribution is -2.37. The van der Waals surface area contributed by atoms with E-state index in [4.69, 9.17) is 4.42 Å². The molecule has 1 aliphatic carbocycles. The molecule has 0 spiro atoms. The van der Waals surface area contributed by atoms with Crippen molar-refractivity contribution >= 4 is 28.0 Å². The summed E-state index contributed by atoms with van der Waals surface area (Å²) in [6, 6.07) is 11.9. The summed E-state index contributed by atoms with van der Waals surface area (Å²) in [5.74, 6) is -0.299. The molecular weight excluding hydrogens is 423 g/mol. The molecule has 1 saturated carbocycles. The summed E-state index contributed by atoms with van der Waals surface area (Å²) < 4.78 is 45.2. The van der Waals surface area contributed by atoms with E-state index in [-0.39, 0.29) is 30.6 Å². The molecule has 4 aromatic rings. The first-order valence-electron chi connectivity index (χ1n) is 10.1. The Kier molecular flexibility index (Phi) is 4.76. The highest BCUT2D eigenvalue weighted by Gasteiger charge is 2.33. The van der Waals surface area contributed by atoms with E-state index in [0.717, 1.165) is 30.4 Å². The van der Waals surface area contributed by atoms with Crippen LogP contribution in [0.4, 0.5) is 13.2 Å². The summed E-state index contributed by atoms with van der Waals surface area (Å²) in [7, 11) is 0. The number of aromatic nitrogens is 2. The number of fused-ring (bicyclic) bond motifs is 3. The van der Waals surface area contributed by atoms with Crippen LogP contribution in [0.3, 0.4) is 0 Å². The molecule has 5 rings (SSSR count). The molecule has 0 N–H and O–H groups in total. The molecule has 0 atom stereocenters. The average Bonchev–Trinajstić information content (AvgIpc) is 3.53. The summed E-state index contributed by atoms with van der Waals surface area (Å²) in [5, 5.41) is 0.722. The minimum atomic E-state index is -4.41. The summed E-state index contributed by atoms with van der Waals surface area (Å²) in [4.78, 5) is 31.8. The van der Waals surface area contributed by atoms with Crippen molar-refractivity contribution in [3.8, 4) is 0 Å². The largest absolute Gasteiger partial charge is 0.448 e. The smallest absolute Gasteiger partial charge is 0.416 e. The number of alkyl halides is 3. The van der Waals surface area contributed by atoms with Crippen LogP contribution in [0, 0.1) is 0 Å². The number of halogens is 3. The zero-order valence-corrected chi connectivity index (χ0v) is 16.8. The van der Waals surface area contributed by atoms with Crippen LogP contribution < -0.4 is 5.56 Å². The topological polar surface area (TPSA) is 68.3 Å². The van der Waals surface area contributed by atoms with E-state index < -0.39 is 17.3 Å². The van der Waals surface area contributed by atoms with Gasteiger partial charge in [0.1, 0.15) is 17.6 Å². The summed E-state index contributed by atoms with van der Waals surface area (Å²) >= 11 is 0. The van der Waals surface area contributed by atoms with Crippen LogP contribution in [-0.2, 0) is 24.1 Å². The van der Waals surface area contributed by atoms with Crippen molar-refractivity contribution in [3.63, 3.8) is 0 Å². The van der Waals surface area contributed by atoms with Gasteiger partial charge in [0.2, 0.25) is 11.5 Å². The van der Waals surface area contributed by atoms with E-state index in [0.29, 0.717) is 16.7 Å². The van der Waals surface area contributed by atoms with E-state index >= 15 is 0 Å². The molecule has 2 heterocycles. The molecule has 164 valence electrons. The lowest BCUT2D eigenvalue weighted by Gasteiger charge is -2.23. The van der Waals surface area contributed by atoms with Crippen LogP contribution in [0.2, 0.25) is 0 Å². The monoisotopic (exact) mass is 441 g/mol. The predicted molar refractivity (Wildman–Crippen MR) is 111 cm³/mol. The third kappa shape index (κ3) is 3.74. The van der Waals surface area contributed by atoms with Crippen molar-refractivity contribution in [1.29, 1.82) is 0 Å². The van der Waals surface area contributed by atoms with Gasteiger partial charge in [0, 0.05) is 18.0 Å². The van der Waals surface area contributed by atoms with Crippen LogP contribution >= 0.6 is 0 Å². The zero-order valence-electron chi connectivity index (χ0n) is 16.8. The number of hydrogen-bond acceptors (Lipinski definition) is 4. The maximum Gasteiger partial charge on any atom is 0.416 e. The Bertz CT molecular complexity index is 1370. The maximum absolute atomic E-state index is 13.0. The first kappa shape index (κ1) is 20.3. The summed E-state index contributed by atoms with van der Waals surface area (Å²) in [6.07, 6.45) is -1.44. The molecule has 9 heteroatoms. The quantitative estimate of drug-likeness (QED) is 0.462. The third-order valence-corrected chi connectivity index (χ3v) is 5.60. The minimum absolute atomic E-state index is 0.0170. The predicted octanol–water partition coefficient (Wildman–Crippen LogP) is 4.35. The van der Waals surface area contributed by atoms with Crippen molar-refractivity contribution < 1.29 is 22.4 Å². The second-order valence-electron chi connectivity index (χ2n) is 7.90. The number of carbonyl (C=O) groups excluding carboxylic acids is 1. The highest BCUT2D eigenvalue weighted by molar-refractivity contribution is 6.01. The normalized spacial score (nSPS) is 14.2. The van der Waals surface area contributed by atoms with E-state index in [9.17, 15) is 22.8 Å². The Morgan fingerprint density at radius 3 is 2.53 bits per heavy atom. The number of para-hydroxylation sites is 1. The van der Waals surface area contributed by atoms with Crippen LogP contribution in [0.25, 0.3) is 22.1 Å². The Hall–Kier alpha value is -3.62. The Morgan fingerprint density at radius 1 is 1.12 bits per heavy atom. The lowest BCUT2D eigenvalue weighted by atomic mass is 10.1. The van der Waals surface area contributed by atoms with E-state index in [1.807, 2.05) is 12.1 Å². The van der Waals surface area contributed by atoms with Gasteiger partial charge in [-0.1, -0.05) is 24.3 Å². The van der Waals surface area contributed by atoms with Crippen molar-refractivity contribution in [2.24, 2.45) is 0 Å². The zero-order chi connectivity index (χ0) is 22.5. The van der Waals surface area contributed by atoms with Gasteiger partial charge in [0.15, 0.2) is 0 Å². The number of benzene rings is 2. The van der Waals surface area contributed by atoms with Gasteiger partial charge in [-0.05, 0) is 42.7 Å². The van der Waals surface area contributed by atoms with Crippen molar-refractivity contribution in [2.45, 2.75) is 38.1 Å². The molecule has 1 fully saturated rings. The first-order valence-corrected chi connectivity index (χ1v) is 10.1. The second kappa shape index (κ2) is 7.51. The number of hydrogen-bond donors (Lipinski definition) is 0. The SMILES string of the molecule is O=C(Cn1cnc2c(oc3ccccc32)c1=O)N(Cc1ccc(C(F)(F)F)cc1)C1CC1. The number of carbonyl (C=O) groups is 1. The fourth-order valence-corrected chi connectivity index (χ4v) is 3.77. The molecule has 32 heavy (non-hydrogen) atoms. The van der Waals surface area contributed by atoms with Gasteiger partial charge >= 0.3 is 6.18 Å². The molecule has 0 unspecified atom stereocenters. The van der Waals surface area contributed by atoms with Gasteiger partial charge in [-0.3, -0.25) is 14.2 Å². The Labute approximate surface area is 179 Å². The van der Waals surface area contributed by atoms with Crippen LogP contribution in [0.15, 0.2) is 64.1 Å². The maximum atomic E-state index is 13.0. The van der Waals surface area contributed by atoms with Crippen LogP contribution in [0.1, 0.15) is 24.0 Å². The van der Waals surface area contributed by atoms with Gasteiger partial charge in [-0.15, -0.1) is 0 Å². The first-order chi connectivity index (χ1) is 15.3. The minimum Gasteiger partial charge on any atom is -0.448 e. The molecular formula is C23H18F3N3O3. The number of furan rings is 1. The number of rotatable bonds is 5. The Morgan fingerprint density at radius 2 is 1.84 bits per heavy atom. The fourth-order valence-electron chi connectivity index (χ4n) is 3.77.